The Labute approximate surface area is 166 Å². The largest absolute Gasteiger partial charge is 0.497 e. The molecule has 28 heavy (non-hydrogen) atoms. The minimum atomic E-state index is -0.288. The highest BCUT2D eigenvalue weighted by atomic mass is 16.5. The molecule has 0 spiro atoms. The van der Waals surface area contributed by atoms with Crippen LogP contribution in [0.1, 0.15) is 48.5 Å². The molecule has 148 valence electrons. The van der Waals surface area contributed by atoms with Crippen molar-refractivity contribution in [3.05, 3.63) is 59.7 Å². The van der Waals surface area contributed by atoms with E-state index in [0.29, 0.717) is 11.3 Å². The molecule has 1 aliphatic heterocycles. The molecule has 2 amide bonds. The zero-order valence-corrected chi connectivity index (χ0v) is 16.8. The first kappa shape index (κ1) is 19.9. The van der Waals surface area contributed by atoms with Crippen LogP contribution in [0.5, 0.6) is 5.75 Å². The molecule has 2 aromatic rings. The van der Waals surface area contributed by atoms with E-state index in [2.05, 4.69) is 5.32 Å². The standard InChI is InChI=1S/C23H28N2O3/c1-16(2)21(17-9-11-20(28-3)12-10-17)22(26)24-19-8-6-7-18(15-19)23(27)25-13-4-5-14-25/h6-12,15-16,21H,4-5,13-14H2,1-3H3,(H,24,26). The van der Waals surface area contributed by atoms with Crippen molar-refractivity contribution in [2.75, 3.05) is 25.5 Å². The van der Waals surface area contributed by atoms with Crippen molar-refractivity contribution >= 4 is 17.5 Å². The zero-order valence-electron chi connectivity index (χ0n) is 16.8. The third kappa shape index (κ3) is 4.53. The summed E-state index contributed by atoms with van der Waals surface area (Å²) in [6.45, 7) is 5.67. The third-order valence-corrected chi connectivity index (χ3v) is 5.19. The summed E-state index contributed by atoms with van der Waals surface area (Å²) in [6, 6.07) is 14.8. The van der Waals surface area contributed by atoms with Gasteiger partial charge >= 0.3 is 0 Å². The van der Waals surface area contributed by atoms with E-state index in [4.69, 9.17) is 4.74 Å². The van der Waals surface area contributed by atoms with Crippen LogP contribution >= 0.6 is 0 Å². The number of carbonyl (C=O) groups is 2. The van der Waals surface area contributed by atoms with E-state index in [-0.39, 0.29) is 23.7 Å². The van der Waals surface area contributed by atoms with E-state index in [1.807, 2.05) is 55.1 Å². The van der Waals surface area contributed by atoms with Crippen molar-refractivity contribution in [1.29, 1.82) is 0 Å². The van der Waals surface area contributed by atoms with Gasteiger partial charge in [0.1, 0.15) is 5.75 Å². The number of methoxy groups -OCH3 is 1. The summed E-state index contributed by atoms with van der Waals surface area (Å²) in [4.78, 5) is 27.5. The van der Waals surface area contributed by atoms with E-state index < -0.39 is 0 Å². The SMILES string of the molecule is COc1ccc(C(C(=O)Nc2cccc(C(=O)N3CCCC3)c2)C(C)C)cc1. The second kappa shape index (κ2) is 8.91. The van der Waals surface area contributed by atoms with Gasteiger partial charge in [0.05, 0.1) is 13.0 Å². The predicted octanol–water partition coefficient (Wildman–Crippen LogP) is 4.31. The fraction of sp³-hybridized carbons (Fsp3) is 0.391. The van der Waals surface area contributed by atoms with Crippen LogP contribution in [0.15, 0.2) is 48.5 Å². The quantitative estimate of drug-likeness (QED) is 0.812. The van der Waals surface area contributed by atoms with Gasteiger partial charge in [0.2, 0.25) is 5.91 Å². The van der Waals surface area contributed by atoms with Gasteiger partial charge in [0.25, 0.3) is 5.91 Å². The Hall–Kier alpha value is -2.82. The number of rotatable bonds is 6. The summed E-state index contributed by atoms with van der Waals surface area (Å²) in [6.07, 6.45) is 2.11. The maximum atomic E-state index is 13.0. The van der Waals surface area contributed by atoms with Gasteiger partial charge in [-0.15, -0.1) is 0 Å². The average Bonchev–Trinajstić information content (AvgIpc) is 3.23. The van der Waals surface area contributed by atoms with E-state index >= 15 is 0 Å². The highest BCUT2D eigenvalue weighted by Crippen LogP contribution is 2.28. The predicted molar refractivity (Wildman–Crippen MR) is 111 cm³/mol. The van der Waals surface area contributed by atoms with Crippen LogP contribution in [0.2, 0.25) is 0 Å². The van der Waals surface area contributed by atoms with Crippen molar-refractivity contribution in [3.63, 3.8) is 0 Å². The van der Waals surface area contributed by atoms with Gasteiger partial charge in [-0.3, -0.25) is 9.59 Å². The van der Waals surface area contributed by atoms with E-state index in [9.17, 15) is 9.59 Å². The number of ether oxygens (including phenoxy) is 1. The van der Waals surface area contributed by atoms with Crippen molar-refractivity contribution in [2.45, 2.75) is 32.6 Å². The van der Waals surface area contributed by atoms with Gasteiger partial charge in [-0.2, -0.15) is 0 Å². The van der Waals surface area contributed by atoms with Gasteiger partial charge in [-0.05, 0) is 54.7 Å². The first-order chi connectivity index (χ1) is 13.5. The number of amides is 2. The van der Waals surface area contributed by atoms with Gasteiger partial charge < -0.3 is 15.0 Å². The molecule has 5 nitrogen and oxygen atoms in total. The summed E-state index contributed by atoms with van der Waals surface area (Å²) in [7, 11) is 1.62. The van der Waals surface area contributed by atoms with Crippen LogP contribution in [0.4, 0.5) is 5.69 Å². The molecule has 2 aromatic carbocycles. The molecule has 1 N–H and O–H groups in total. The second-order valence-corrected chi connectivity index (χ2v) is 7.56. The molecule has 0 aromatic heterocycles. The molecule has 1 atom stereocenters. The summed E-state index contributed by atoms with van der Waals surface area (Å²) < 4.78 is 5.21. The lowest BCUT2D eigenvalue weighted by atomic mass is 9.87. The summed E-state index contributed by atoms with van der Waals surface area (Å²) in [5, 5.41) is 3.00. The maximum absolute atomic E-state index is 13.0. The number of nitrogens with zero attached hydrogens (tertiary/aromatic N) is 1. The maximum Gasteiger partial charge on any atom is 0.253 e. The van der Waals surface area contributed by atoms with Crippen molar-refractivity contribution in [2.24, 2.45) is 5.92 Å². The molecule has 0 bridgehead atoms. The van der Waals surface area contributed by atoms with Crippen LogP contribution in [0, 0.1) is 5.92 Å². The van der Waals surface area contributed by atoms with Gasteiger partial charge in [-0.1, -0.05) is 32.0 Å². The molecule has 0 radical (unpaired) electrons. The number of nitrogens with one attached hydrogen (secondary N) is 1. The van der Waals surface area contributed by atoms with E-state index in [1.54, 1.807) is 19.2 Å². The molecule has 1 unspecified atom stereocenters. The van der Waals surface area contributed by atoms with Gasteiger partial charge in [0.15, 0.2) is 0 Å². The highest BCUT2D eigenvalue weighted by Gasteiger charge is 2.25. The molecule has 1 saturated heterocycles. The van der Waals surface area contributed by atoms with Crippen molar-refractivity contribution < 1.29 is 14.3 Å². The Morgan fingerprint density at radius 3 is 2.32 bits per heavy atom. The molecule has 1 heterocycles. The first-order valence-corrected chi connectivity index (χ1v) is 9.83. The third-order valence-electron chi connectivity index (χ3n) is 5.19. The fourth-order valence-electron chi connectivity index (χ4n) is 3.70. The molecule has 5 heteroatoms. The lowest BCUT2D eigenvalue weighted by Crippen LogP contribution is -2.28. The van der Waals surface area contributed by atoms with Crippen LogP contribution < -0.4 is 10.1 Å². The summed E-state index contributed by atoms with van der Waals surface area (Å²) >= 11 is 0. The minimum absolute atomic E-state index is 0.0316. The van der Waals surface area contributed by atoms with E-state index in [1.165, 1.54) is 0 Å². The van der Waals surface area contributed by atoms with Crippen LogP contribution in [0.25, 0.3) is 0 Å². The van der Waals surface area contributed by atoms with Crippen LogP contribution in [-0.2, 0) is 4.79 Å². The minimum Gasteiger partial charge on any atom is -0.497 e. The molecule has 1 aliphatic rings. The van der Waals surface area contributed by atoms with E-state index in [0.717, 1.165) is 37.2 Å². The van der Waals surface area contributed by atoms with Crippen LogP contribution in [0.3, 0.4) is 0 Å². The molecule has 1 fully saturated rings. The lowest BCUT2D eigenvalue weighted by Gasteiger charge is -2.21. The topological polar surface area (TPSA) is 58.6 Å². The Kier molecular flexibility index (Phi) is 6.34. The number of likely N-dealkylation sites (tertiary alicyclic amines) is 1. The molecular weight excluding hydrogens is 352 g/mol. The Balaban J connectivity index is 1.76. The second-order valence-electron chi connectivity index (χ2n) is 7.56. The van der Waals surface area contributed by atoms with Gasteiger partial charge in [-0.25, -0.2) is 0 Å². The Bertz CT molecular complexity index is 824. The molecule has 3 rings (SSSR count). The summed E-state index contributed by atoms with van der Waals surface area (Å²) in [5.41, 5.74) is 2.21. The smallest absolute Gasteiger partial charge is 0.253 e. The molecule has 0 aliphatic carbocycles. The molecule has 0 saturated carbocycles. The fourth-order valence-corrected chi connectivity index (χ4v) is 3.70. The monoisotopic (exact) mass is 380 g/mol. The number of hydrogen-bond donors (Lipinski definition) is 1. The average molecular weight is 380 g/mol. The van der Waals surface area contributed by atoms with Crippen molar-refractivity contribution in [1.82, 2.24) is 4.90 Å². The Morgan fingerprint density at radius 1 is 1.04 bits per heavy atom. The number of anilines is 1. The normalized spacial score (nSPS) is 14.8. The van der Waals surface area contributed by atoms with Crippen LogP contribution in [-0.4, -0.2) is 36.9 Å². The first-order valence-electron chi connectivity index (χ1n) is 9.83. The molecular formula is C23H28N2O3. The lowest BCUT2D eigenvalue weighted by molar-refractivity contribution is -0.118. The zero-order chi connectivity index (χ0) is 20.1. The summed E-state index contributed by atoms with van der Waals surface area (Å²) in [5.74, 6) is 0.557. The van der Waals surface area contributed by atoms with Crippen molar-refractivity contribution in [3.8, 4) is 5.75 Å². The Morgan fingerprint density at radius 2 is 1.71 bits per heavy atom. The highest BCUT2D eigenvalue weighted by molar-refractivity contribution is 5.99. The number of benzene rings is 2. The number of carbonyl (C=O) groups excluding carboxylic acids is 2. The number of hydrogen-bond acceptors (Lipinski definition) is 3. The van der Waals surface area contributed by atoms with Gasteiger partial charge in [0, 0.05) is 24.3 Å².